The molecule has 110 valence electrons. The predicted molar refractivity (Wildman–Crippen MR) is 74.2 cm³/mol. The third-order valence-corrected chi connectivity index (χ3v) is 3.65. The fraction of sp³-hybridized carbons (Fsp3) is 0.923. The smallest absolute Gasteiger partial charge is 0.234 e. The summed E-state index contributed by atoms with van der Waals surface area (Å²) in [6.45, 7) is 9.83. The van der Waals surface area contributed by atoms with Gasteiger partial charge in [-0.05, 0) is 19.5 Å². The van der Waals surface area contributed by atoms with Crippen LogP contribution in [-0.2, 0) is 9.53 Å². The first-order valence-corrected chi connectivity index (χ1v) is 7.34. The standard InChI is InChI=1S/C13H26N4O2/c18-13(12-17-5-1-2-14-3-6-17)15-4-7-16-8-10-19-11-9-16/h14H,1-12H2,(H,15,18). The van der Waals surface area contributed by atoms with Crippen LogP contribution in [0.15, 0.2) is 0 Å². The number of amides is 1. The Morgan fingerprint density at radius 2 is 1.95 bits per heavy atom. The van der Waals surface area contributed by atoms with E-state index in [0.717, 1.165) is 72.0 Å². The molecule has 0 spiro atoms. The molecule has 0 unspecified atom stereocenters. The van der Waals surface area contributed by atoms with Crippen molar-refractivity contribution in [3.8, 4) is 0 Å². The lowest BCUT2D eigenvalue weighted by Gasteiger charge is -2.26. The molecule has 0 atom stereocenters. The van der Waals surface area contributed by atoms with Gasteiger partial charge in [0.25, 0.3) is 0 Å². The summed E-state index contributed by atoms with van der Waals surface area (Å²) in [6.07, 6.45) is 1.13. The van der Waals surface area contributed by atoms with Crippen molar-refractivity contribution in [2.45, 2.75) is 6.42 Å². The van der Waals surface area contributed by atoms with Crippen LogP contribution in [0.25, 0.3) is 0 Å². The maximum Gasteiger partial charge on any atom is 0.234 e. The van der Waals surface area contributed by atoms with Gasteiger partial charge >= 0.3 is 0 Å². The molecule has 0 radical (unpaired) electrons. The zero-order valence-electron chi connectivity index (χ0n) is 11.7. The molecule has 19 heavy (non-hydrogen) atoms. The van der Waals surface area contributed by atoms with Gasteiger partial charge in [-0.1, -0.05) is 0 Å². The van der Waals surface area contributed by atoms with E-state index in [1.807, 2.05) is 0 Å². The predicted octanol–water partition coefficient (Wildman–Crippen LogP) is -1.27. The lowest BCUT2D eigenvalue weighted by Crippen LogP contribution is -2.44. The molecule has 2 aliphatic rings. The van der Waals surface area contributed by atoms with Crippen molar-refractivity contribution in [2.24, 2.45) is 0 Å². The van der Waals surface area contributed by atoms with Crippen LogP contribution in [0.2, 0.25) is 0 Å². The molecule has 2 saturated heterocycles. The second kappa shape index (κ2) is 8.47. The van der Waals surface area contributed by atoms with E-state index in [1.165, 1.54) is 0 Å². The average molecular weight is 270 g/mol. The number of ether oxygens (including phenoxy) is 1. The summed E-state index contributed by atoms with van der Waals surface area (Å²) in [7, 11) is 0. The summed E-state index contributed by atoms with van der Waals surface area (Å²) >= 11 is 0. The Labute approximate surface area is 115 Å². The van der Waals surface area contributed by atoms with Gasteiger partial charge in [0.15, 0.2) is 0 Å². The van der Waals surface area contributed by atoms with Crippen molar-refractivity contribution in [3.05, 3.63) is 0 Å². The zero-order chi connectivity index (χ0) is 13.3. The maximum atomic E-state index is 11.8. The third-order valence-electron chi connectivity index (χ3n) is 3.65. The number of nitrogens with zero attached hydrogens (tertiary/aromatic N) is 2. The molecule has 2 rings (SSSR count). The minimum absolute atomic E-state index is 0.148. The molecule has 0 aromatic heterocycles. The first-order valence-electron chi connectivity index (χ1n) is 7.34. The fourth-order valence-corrected chi connectivity index (χ4v) is 2.50. The van der Waals surface area contributed by atoms with E-state index >= 15 is 0 Å². The Hall–Kier alpha value is -0.690. The molecule has 1 amide bonds. The van der Waals surface area contributed by atoms with Gasteiger partial charge in [0.05, 0.1) is 19.8 Å². The van der Waals surface area contributed by atoms with Crippen LogP contribution in [0.5, 0.6) is 0 Å². The van der Waals surface area contributed by atoms with E-state index in [0.29, 0.717) is 6.54 Å². The van der Waals surface area contributed by atoms with E-state index in [-0.39, 0.29) is 5.91 Å². The van der Waals surface area contributed by atoms with Crippen LogP contribution in [0.1, 0.15) is 6.42 Å². The molecule has 0 aromatic rings. The molecule has 6 heteroatoms. The van der Waals surface area contributed by atoms with Gasteiger partial charge in [-0.25, -0.2) is 0 Å². The van der Waals surface area contributed by atoms with Gasteiger partial charge < -0.3 is 15.4 Å². The Kier molecular flexibility index (Phi) is 6.56. The van der Waals surface area contributed by atoms with Crippen molar-refractivity contribution >= 4 is 5.91 Å². The van der Waals surface area contributed by atoms with Crippen LogP contribution in [0.4, 0.5) is 0 Å². The van der Waals surface area contributed by atoms with Crippen LogP contribution >= 0.6 is 0 Å². The summed E-state index contributed by atoms with van der Waals surface area (Å²) in [5, 5.41) is 6.36. The molecule has 2 aliphatic heterocycles. The van der Waals surface area contributed by atoms with Gasteiger partial charge in [0.2, 0.25) is 5.91 Å². The lowest BCUT2D eigenvalue weighted by atomic mass is 10.3. The summed E-state index contributed by atoms with van der Waals surface area (Å²) in [5.41, 5.74) is 0. The summed E-state index contributed by atoms with van der Waals surface area (Å²) in [6, 6.07) is 0. The Balaban J connectivity index is 1.55. The minimum Gasteiger partial charge on any atom is -0.379 e. The first-order chi connectivity index (χ1) is 9.34. The van der Waals surface area contributed by atoms with Gasteiger partial charge in [0, 0.05) is 39.3 Å². The molecule has 2 N–H and O–H groups in total. The summed E-state index contributed by atoms with van der Waals surface area (Å²) < 4.78 is 5.30. The maximum absolute atomic E-state index is 11.8. The van der Waals surface area contributed by atoms with Crippen molar-refractivity contribution < 1.29 is 9.53 Å². The van der Waals surface area contributed by atoms with Crippen LogP contribution in [-0.4, -0.2) is 87.8 Å². The zero-order valence-corrected chi connectivity index (χ0v) is 11.7. The largest absolute Gasteiger partial charge is 0.379 e. The summed E-state index contributed by atoms with van der Waals surface area (Å²) in [4.78, 5) is 16.4. The lowest BCUT2D eigenvalue weighted by molar-refractivity contribution is -0.122. The SMILES string of the molecule is O=C(CN1CCCNCC1)NCCN1CCOCC1. The second-order valence-electron chi connectivity index (χ2n) is 5.18. The fourth-order valence-electron chi connectivity index (χ4n) is 2.50. The van der Waals surface area contributed by atoms with Crippen LogP contribution < -0.4 is 10.6 Å². The molecule has 2 fully saturated rings. The highest BCUT2D eigenvalue weighted by atomic mass is 16.5. The van der Waals surface area contributed by atoms with E-state index in [9.17, 15) is 4.79 Å². The van der Waals surface area contributed by atoms with Gasteiger partial charge in [-0.2, -0.15) is 0 Å². The second-order valence-corrected chi connectivity index (χ2v) is 5.18. The van der Waals surface area contributed by atoms with Gasteiger partial charge in [0.1, 0.15) is 0 Å². The van der Waals surface area contributed by atoms with E-state index in [1.54, 1.807) is 0 Å². The number of morpholine rings is 1. The topological polar surface area (TPSA) is 56.8 Å². The quantitative estimate of drug-likeness (QED) is 0.652. The van der Waals surface area contributed by atoms with E-state index in [2.05, 4.69) is 20.4 Å². The molecule has 0 saturated carbocycles. The normalized spacial score (nSPS) is 22.9. The Morgan fingerprint density at radius 1 is 1.11 bits per heavy atom. The van der Waals surface area contributed by atoms with Gasteiger partial charge in [-0.3, -0.25) is 14.6 Å². The Morgan fingerprint density at radius 3 is 2.79 bits per heavy atom. The molecule has 0 bridgehead atoms. The van der Waals surface area contributed by atoms with Crippen molar-refractivity contribution in [2.75, 3.05) is 72.1 Å². The number of carbonyl (C=O) groups excluding carboxylic acids is 1. The molecule has 6 nitrogen and oxygen atoms in total. The number of hydrogen-bond acceptors (Lipinski definition) is 5. The number of rotatable bonds is 5. The highest BCUT2D eigenvalue weighted by molar-refractivity contribution is 5.77. The highest BCUT2D eigenvalue weighted by Gasteiger charge is 2.13. The van der Waals surface area contributed by atoms with Crippen LogP contribution in [0, 0.1) is 0 Å². The van der Waals surface area contributed by atoms with E-state index < -0.39 is 0 Å². The Bertz CT molecular complexity index is 261. The van der Waals surface area contributed by atoms with E-state index in [4.69, 9.17) is 4.74 Å². The summed E-state index contributed by atoms with van der Waals surface area (Å²) in [5.74, 6) is 0.148. The molecule has 0 aromatic carbocycles. The number of hydrogen-bond donors (Lipinski definition) is 2. The highest BCUT2D eigenvalue weighted by Crippen LogP contribution is 1.96. The minimum atomic E-state index is 0.148. The first kappa shape index (κ1) is 14.7. The van der Waals surface area contributed by atoms with Crippen molar-refractivity contribution in [3.63, 3.8) is 0 Å². The molecular weight excluding hydrogens is 244 g/mol. The monoisotopic (exact) mass is 270 g/mol. The average Bonchev–Trinajstić information content (AvgIpc) is 2.68. The number of carbonyl (C=O) groups is 1. The van der Waals surface area contributed by atoms with Crippen LogP contribution in [0.3, 0.4) is 0 Å². The van der Waals surface area contributed by atoms with Crippen molar-refractivity contribution in [1.82, 2.24) is 20.4 Å². The number of nitrogens with one attached hydrogen (secondary N) is 2. The third kappa shape index (κ3) is 5.86. The van der Waals surface area contributed by atoms with Gasteiger partial charge in [-0.15, -0.1) is 0 Å². The molecule has 2 heterocycles. The molecular formula is C13H26N4O2. The molecule has 0 aliphatic carbocycles. The van der Waals surface area contributed by atoms with Crippen molar-refractivity contribution in [1.29, 1.82) is 0 Å².